The Labute approximate surface area is 154 Å². The highest BCUT2D eigenvalue weighted by Crippen LogP contribution is 2.26. The Hall–Kier alpha value is -1.25. The maximum atomic E-state index is 12.7. The van der Waals surface area contributed by atoms with Gasteiger partial charge in [-0.2, -0.15) is 5.10 Å². The van der Waals surface area contributed by atoms with Crippen LogP contribution in [0.2, 0.25) is 0 Å². The minimum atomic E-state index is -0.00539. The molecule has 0 aromatic carbocycles. The van der Waals surface area contributed by atoms with Crippen molar-refractivity contribution in [2.75, 3.05) is 26.2 Å². The number of carbonyl (C=O) groups excluding carboxylic acids is 1. The Morgan fingerprint density at radius 3 is 2.62 bits per heavy atom. The summed E-state index contributed by atoms with van der Waals surface area (Å²) in [4.78, 5) is 21.4. The van der Waals surface area contributed by atoms with E-state index in [0.717, 1.165) is 53.6 Å². The fourth-order valence-electron chi connectivity index (χ4n) is 2.83. The second-order valence-corrected chi connectivity index (χ2v) is 8.24. The summed E-state index contributed by atoms with van der Waals surface area (Å²) in [5, 5.41) is 10.4. The second kappa shape index (κ2) is 7.33. The normalized spacial score (nSPS) is 16.1. The summed E-state index contributed by atoms with van der Waals surface area (Å²) in [6.45, 7) is 10.2. The van der Waals surface area contributed by atoms with E-state index in [1.165, 1.54) is 0 Å². The summed E-state index contributed by atoms with van der Waals surface area (Å²) in [6.07, 6.45) is 0. The van der Waals surface area contributed by atoms with Gasteiger partial charge in [-0.05, 0) is 28.8 Å². The average Bonchev–Trinajstić information content (AvgIpc) is 3.13. The summed E-state index contributed by atoms with van der Waals surface area (Å²) in [5.41, 5.74) is 2.58. The summed E-state index contributed by atoms with van der Waals surface area (Å²) < 4.78 is 0.794. The summed E-state index contributed by atoms with van der Waals surface area (Å²) >= 11 is 5.20. The van der Waals surface area contributed by atoms with Gasteiger partial charge in [-0.3, -0.25) is 14.8 Å². The molecule has 2 aromatic heterocycles. The molecule has 0 bridgehead atoms. The lowest BCUT2D eigenvalue weighted by Gasteiger charge is -2.34. The number of aromatic nitrogens is 3. The van der Waals surface area contributed by atoms with Crippen LogP contribution in [0.3, 0.4) is 0 Å². The zero-order valence-electron chi connectivity index (χ0n) is 14.2. The first-order chi connectivity index (χ1) is 11.5. The first-order valence-electron chi connectivity index (χ1n) is 8.12. The quantitative estimate of drug-likeness (QED) is 0.839. The van der Waals surface area contributed by atoms with Gasteiger partial charge in [0.15, 0.2) is 5.69 Å². The predicted molar refractivity (Wildman–Crippen MR) is 98.4 cm³/mol. The summed E-state index contributed by atoms with van der Waals surface area (Å²) in [6, 6.07) is 0. The number of piperazine rings is 1. The smallest absolute Gasteiger partial charge is 0.275 e. The number of nitrogens with one attached hydrogen (secondary N) is 1. The van der Waals surface area contributed by atoms with E-state index in [4.69, 9.17) is 0 Å². The number of H-pyrrole nitrogens is 1. The number of thiazole rings is 1. The van der Waals surface area contributed by atoms with Gasteiger partial charge in [0, 0.05) is 38.1 Å². The molecule has 0 saturated carbocycles. The van der Waals surface area contributed by atoms with Gasteiger partial charge < -0.3 is 4.90 Å². The van der Waals surface area contributed by atoms with E-state index in [0.29, 0.717) is 11.6 Å². The predicted octanol–water partition coefficient (Wildman–Crippen LogP) is 3.02. The Morgan fingerprint density at radius 1 is 1.38 bits per heavy atom. The highest BCUT2D eigenvalue weighted by Gasteiger charge is 2.27. The number of aromatic amines is 1. The highest BCUT2D eigenvalue weighted by molar-refractivity contribution is 9.10. The van der Waals surface area contributed by atoms with E-state index < -0.39 is 0 Å². The molecule has 1 fully saturated rings. The van der Waals surface area contributed by atoms with Crippen LogP contribution in [0, 0.1) is 6.92 Å². The minimum Gasteiger partial charge on any atom is -0.335 e. The van der Waals surface area contributed by atoms with Crippen molar-refractivity contribution in [3.8, 4) is 0 Å². The standard InChI is InChI=1S/C16H22BrN5OS/c1-10(2)14-13(17)15(20-19-14)16(23)22-6-4-21(5-7-22)8-12-9-24-11(3)18-12/h9-10H,4-8H2,1-3H3,(H,19,20). The molecule has 1 amide bonds. The first-order valence-corrected chi connectivity index (χ1v) is 9.79. The maximum Gasteiger partial charge on any atom is 0.275 e. The van der Waals surface area contributed by atoms with Crippen LogP contribution < -0.4 is 0 Å². The minimum absolute atomic E-state index is 0.00539. The lowest BCUT2D eigenvalue weighted by molar-refractivity contribution is 0.0620. The molecule has 2 aromatic rings. The van der Waals surface area contributed by atoms with Gasteiger partial charge in [0.25, 0.3) is 5.91 Å². The van der Waals surface area contributed by atoms with Gasteiger partial charge in [-0.25, -0.2) is 4.98 Å². The zero-order valence-corrected chi connectivity index (χ0v) is 16.6. The SMILES string of the molecule is Cc1nc(CN2CCN(C(=O)c3n[nH]c(C(C)C)c3Br)CC2)cs1. The largest absolute Gasteiger partial charge is 0.335 e. The number of nitrogens with zero attached hydrogens (tertiary/aromatic N) is 4. The number of amides is 1. The summed E-state index contributed by atoms with van der Waals surface area (Å²) in [7, 11) is 0. The van der Waals surface area contributed by atoms with E-state index in [9.17, 15) is 4.79 Å². The van der Waals surface area contributed by atoms with Crippen molar-refractivity contribution in [2.45, 2.75) is 33.2 Å². The monoisotopic (exact) mass is 411 g/mol. The van der Waals surface area contributed by atoms with Crippen molar-refractivity contribution < 1.29 is 4.79 Å². The molecular formula is C16H22BrN5OS. The van der Waals surface area contributed by atoms with E-state index >= 15 is 0 Å². The molecule has 0 atom stereocenters. The number of rotatable bonds is 4. The van der Waals surface area contributed by atoms with Gasteiger partial charge in [-0.15, -0.1) is 11.3 Å². The molecule has 0 aliphatic carbocycles. The lowest BCUT2D eigenvalue weighted by Crippen LogP contribution is -2.48. The lowest BCUT2D eigenvalue weighted by atomic mass is 10.1. The average molecular weight is 412 g/mol. The van der Waals surface area contributed by atoms with Crippen LogP contribution in [-0.4, -0.2) is 57.1 Å². The van der Waals surface area contributed by atoms with Gasteiger partial charge in [0.2, 0.25) is 0 Å². The molecule has 1 N–H and O–H groups in total. The number of hydrogen-bond donors (Lipinski definition) is 1. The number of halogens is 1. The molecule has 3 heterocycles. The van der Waals surface area contributed by atoms with Crippen molar-refractivity contribution in [1.82, 2.24) is 25.0 Å². The Balaban J connectivity index is 1.59. The fraction of sp³-hybridized carbons (Fsp3) is 0.562. The molecule has 0 unspecified atom stereocenters. The van der Waals surface area contributed by atoms with E-state index in [1.54, 1.807) is 11.3 Å². The molecule has 8 heteroatoms. The molecule has 0 radical (unpaired) electrons. The molecule has 3 rings (SSSR count). The van der Waals surface area contributed by atoms with Crippen LogP contribution in [0.1, 0.15) is 46.6 Å². The topological polar surface area (TPSA) is 65.1 Å². The first kappa shape index (κ1) is 17.6. The Bertz CT molecular complexity index is 718. The summed E-state index contributed by atoms with van der Waals surface area (Å²) in [5.74, 6) is 0.293. The van der Waals surface area contributed by atoms with Crippen LogP contribution >= 0.6 is 27.3 Å². The Morgan fingerprint density at radius 2 is 2.08 bits per heavy atom. The molecule has 130 valence electrons. The number of hydrogen-bond acceptors (Lipinski definition) is 5. The van der Waals surface area contributed by atoms with Gasteiger partial charge >= 0.3 is 0 Å². The number of aryl methyl sites for hydroxylation is 1. The molecule has 1 aliphatic heterocycles. The number of carbonyl (C=O) groups is 1. The fourth-order valence-corrected chi connectivity index (χ4v) is 4.24. The Kier molecular flexibility index (Phi) is 5.36. The van der Waals surface area contributed by atoms with E-state index in [1.807, 2.05) is 11.8 Å². The molecule has 24 heavy (non-hydrogen) atoms. The van der Waals surface area contributed by atoms with E-state index in [2.05, 4.69) is 55.2 Å². The third kappa shape index (κ3) is 3.70. The van der Waals surface area contributed by atoms with Crippen molar-refractivity contribution in [3.05, 3.63) is 31.9 Å². The van der Waals surface area contributed by atoms with Crippen LogP contribution in [-0.2, 0) is 6.54 Å². The molecule has 1 aliphatic rings. The van der Waals surface area contributed by atoms with Crippen LogP contribution in [0.15, 0.2) is 9.85 Å². The van der Waals surface area contributed by atoms with Crippen LogP contribution in [0.4, 0.5) is 0 Å². The zero-order chi connectivity index (χ0) is 17.3. The van der Waals surface area contributed by atoms with Crippen molar-refractivity contribution in [2.24, 2.45) is 0 Å². The third-order valence-electron chi connectivity index (χ3n) is 4.22. The van der Waals surface area contributed by atoms with Crippen LogP contribution in [0.25, 0.3) is 0 Å². The van der Waals surface area contributed by atoms with Gasteiger partial charge in [-0.1, -0.05) is 13.8 Å². The molecule has 1 saturated heterocycles. The molecule has 0 spiro atoms. The molecule has 6 nitrogen and oxygen atoms in total. The van der Waals surface area contributed by atoms with Crippen LogP contribution in [0.5, 0.6) is 0 Å². The van der Waals surface area contributed by atoms with Crippen molar-refractivity contribution in [1.29, 1.82) is 0 Å². The van der Waals surface area contributed by atoms with E-state index in [-0.39, 0.29) is 5.91 Å². The molecular weight excluding hydrogens is 390 g/mol. The third-order valence-corrected chi connectivity index (χ3v) is 5.85. The second-order valence-electron chi connectivity index (χ2n) is 6.38. The van der Waals surface area contributed by atoms with Gasteiger partial charge in [0.05, 0.1) is 20.9 Å². The van der Waals surface area contributed by atoms with Crippen molar-refractivity contribution >= 4 is 33.2 Å². The van der Waals surface area contributed by atoms with Gasteiger partial charge in [0.1, 0.15) is 0 Å². The maximum absolute atomic E-state index is 12.7. The van der Waals surface area contributed by atoms with Crippen molar-refractivity contribution in [3.63, 3.8) is 0 Å². The highest BCUT2D eigenvalue weighted by atomic mass is 79.9.